The fourth-order valence-electron chi connectivity index (χ4n) is 2.50. The van der Waals surface area contributed by atoms with Crippen molar-refractivity contribution < 1.29 is 4.79 Å². The van der Waals surface area contributed by atoms with Gasteiger partial charge >= 0.3 is 0 Å². The van der Waals surface area contributed by atoms with Crippen molar-refractivity contribution in [3.05, 3.63) is 51.7 Å². The average molecular weight is 373 g/mol. The molecule has 140 valence electrons. The van der Waals surface area contributed by atoms with Crippen LogP contribution in [0.1, 0.15) is 35.6 Å². The minimum atomic E-state index is 0.0498. The summed E-state index contributed by atoms with van der Waals surface area (Å²) in [7, 11) is 1.76. The summed E-state index contributed by atoms with van der Waals surface area (Å²) in [5, 5.41) is 9.58. The maximum atomic E-state index is 11.9. The van der Waals surface area contributed by atoms with Crippen molar-refractivity contribution >= 4 is 28.9 Å². The average Bonchev–Trinajstić information content (AvgIpc) is 3.00. The third kappa shape index (κ3) is 6.88. The van der Waals surface area contributed by atoms with Crippen LogP contribution in [0.25, 0.3) is 0 Å². The van der Waals surface area contributed by atoms with Crippen LogP contribution in [0, 0.1) is 12.8 Å². The molecule has 1 aromatic heterocycles. The quantitative estimate of drug-likeness (QED) is 0.510. The van der Waals surface area contributed by atoms with Gasteiger partial charge in [-0.25, -0.2) is 0 Å². The second-order valence-electron chi connectivity index (χ2n) is 6.64. The van der Waals surface area contributed by atoms with Gasteiger partial charge in [-0.2, -0.15) is 0 Å². The van der Waals surface area contributed by atoms with Crippen molar-refractivity contribution in [2.24, 2.45) is 10.9 Å². The lowest BCUT2D eigenvalue weighted by atomic mass is 10.1. The first-order valence-corrected chi connectivity index (χ1v) is 9.66. The van der Waals surface area contributed by atoms with E-state index < -0.39 is 0 Å². The highest BCUT2D eigenvalue weighted by Gasteiger charge is 2.06. The zero-order chi connectivity index (χ0) is 18.9. The zero-order valence-electron chi connectivity index (χ0n) is 15.9. The predicted molar refractivity (Wildman–Crippen MR) is 111 cm³/mol. The Balaban J connectivity index is 1.85. The molecule has 1 amide bonds. The number of guanidine groups is 1. The van der Waals surface area contributed by atoms with E-state index in [1.807, 2.05) is 38.1 Å². The number of anilines is 1. The zero-order valence-corrected chi connectivity index (χ0v) is 16.7. The van der Waals surface area contributed by atoms with Crippen LogP contribution < -0.4 is 16.0 Å². The molecule has 5 nitrogen and oxygen atoms in total. The summed E-state index contributed by atoms with van der Waals surface area (Å²) >= 11 is 1.78. The first-order chi connectivity index (χ1) is 12.5. The third-order valence-corrected chi connectivity index (χ3v) is 4.71. The number of hydrogen-bond acceptors (Lipinski definition) is 3. The van der Waals surface area contributed by atoms with E-state index in [0.717, 1.165) is 23.8 Å². The number of rotatable bonds is 7. The Hall–Kier alpha value is -2.34. The fraction of sp³-hybridized carbons (Fsp3) is 0.400. The van der Waals surface area contributed by atoms with Gasteiger partial charge in [0, 0.05) is 35.5 Å². The first kappa shape index (κ1) is 20.0. The molecule has 0 atom stereocenters. The number of carbonyl (C=O) groups excluding carboxylic acids is 1. The van der Waals surface area contributed by atoms with Gasteiger partial charge in [0.1, 0.15) is 0 Å². The molecule has 6 heteroatoms. The van der Waals surface area contributed by atoms with Crippen molar-refractivity contribution in [2.75, 3.05) is 12.4 Å². The van der Waals surface area contributed by atoms with Crippen molar-refractivity contribution in [1.82, 2.24) is 10.6 Å². The molecule has 2 aromatic rings. The Kier molecular flexibility index (Phi) is 7.66. The number of nitrogens with zero attached hydrogens (tertiary/aromatic N) is 1. The number of carbonyl (C=O) groups is 1. The van der Waals surface area contributed by atoms with Gasteiger partial charge in [0.15, 0.2) is 5.96 Å². The number of hydrogen-bond donors (Lipinski definition) is 3. The molecule has 2 rings (SSSR count). The van der Waals surface area contributed by atoms with E-state index in [0.29, 0.717) is 18.9 Å². The van der Waals surface area contributed by atoms with Gasteiger partial charge in [-0.05, 0) is 42.7 Å². The van der Waals surface area contributed by atoms with Gasteiger partial charge < -0.3 is 16.0 Å². The number of nitrogens with one attached hydrogen (secondary N) is 3. The molecule has 0 bridgehead atoms. The summed E-state index contributed by atoms with van der Waals surface area (Å²) in [6, 6.07) is 12.1. The summed E-state index contributed by atoms with van der Waals surface area (Å²) in [4.78, 5) is 18.8. The predicted octanol–water partition coefficient (Wildman–Crippen LogP) is 3.91. The maximum absolute atomic E-state index is 11.9. The largest absolute Gasteiger partial charge is 0.352 e. The van der Waals surface area contributed by atoms with Gasteiger partial charge in [-0.15, -0.1) is 11.3 Å². The normalized spacial score (nSPS) is 11.5. The number of benzene rings is 1. The highest BCUT2D eigenvalue weighted by atomic mass is 32.1. The Bertz CT molecular complexity index is 752. The van der Waals surface area contributed by atoms with Crippen LogP contribution in [0.3, 0.4) is 0 Å². The van der Waals surface area contributed by atoms with Crippen LogP contribution in [0.2, 0.25) is 0 Å². The van der Waals surface area contributed by atoms with Gasteiger partial charge in [0.25, 0.3) is 0 Å². The Morgan fingerprint density at radius 3 is 2.58 bits per heavy atom. The summed E-state index contributed by atoms with van der Waals surface area (Å²) < 4.78 is 0. The highest BCUT2D eigenvalue weighted by molar-refractivity contribution is 7.11. The van der Waals surface area contributed by atoms with E-state index in [4.69, 9.17) is 0 Å². The van der Waals surface area contributed by atoms with Crippen LogP contribution in [-0.4, -0.2) is 18.9 Å². The minimum Gasteiger partial charge on any atom is -0.352 e. The van der Waals surface area contributed by atoms with Crippen LogP contribution >= 0.6 is 11.3 Å². The molecular formula is C20H28N4OS. The molecule has 0 fully saturated rings. The smallest absolute Gasteiger partial charge is 0.224 e. The van der Waals surface area contributed by atoms with Crippen molar-refractivity contribution in [3.8, 4) is 0 Å². The first-order valence-electron chi connectivity index (χ1n) is 8.85. The fourth-order valence-corrected chi connectivity index (χ4v) is 3.33. The van der Waals surface area contributed by atoms with Gasteiger partial charge in [-0.1, -0.05) is 26.0 Å². The molecule has 1 heterocycles. The molecule has 0 aliphatic carbocycles. The lowest BCUT2D eigenvalue weighted by Crippen LogP contribution is -2.36. The van der Waals surface area contributed by atoms with Gasteiger partial charge in [0.05, 0.1) is 6.54 Å². The van der Waals surface area contributed by atoms with Gasteiger partial charge in [0.2, 0.25) is 5.91 Å². The number of amides is 1. The topological polar surface area (TPSA) is 65.5 Å². The van der Waals surface area contributed by atoms with Crippen LogP contribution in [-0.2, 0) is 17.9 Å². The standard InChI is InChI=1S/C20H28N4OS/c1-14(2)10-19(25)24-17-7-5-6-16(11-17)12-22-20(21-4)23-13-18-9-8-15(3)26-18/h5-9,11,14H,10,12-13H2,1-4H3,(H,24,25)(H2,21,22,23). The lowest BCUT2D eigenvalue weighted by molar-refractivity contribution is -0.116. The number of thiophene rings is 1. The van der Waals surface area contributed by atoms with E-state index >= 15 is 0 Å². The van der Waals surface area contributed by atoms with E-state index in [-0.39, 0.29) is 5.91 Å². The SMILES string of the molecule is CN=C(NCc1cccc(NC(=O)CC(C)C)c1)NCc1ccc(C)s1. The van der Waals surface area contributed by atoms with E-state index in [1.54, 1.807) is 18.4 Å². The Labute approximate surface area is 159 Å². The minimum absolute atomic E-state index is 0.0498. The van der Waals surface area contributed by atoms with Crippen LogP contribution in [0.4, 0.5) is 5.69 Å². The molecular weight excluding hydrogens is 344 g/mol. The summed E-state index contributed by atoms with van der Waals surface area (Å²) in [5.74, 6) is 1.15. The molecule has 0 saturated carbocycles. The summed E-state index contributed by atoms with van der Waals surface area (Å²) in [5.41, 5.74) is 1.91. The van der Waals surface area contributed by atoms with Gasteiger partial charge in [-0.3, -0.25) is 9.79 Å². The molecule has 0 saturated heterocycles. The molecule has 3 N–H and O–H groups in total. The van der Waals surface area contributed by atoms with Crippen molar-refractivity contribution in [2.45, 2.75) is 40.3 Å². The Morgan fingerprint density at radius 2 is 1.92 bits per heavy atom. The number of aliphatic imine (C=N–C) groups is 1. The summed E-state index contributed by atoms with van der Waals surface area (Å²) in [6.07, 6.45) is 0.529. The van der Waals surface area contributed by atoms with E-state index in [2.05, 4.69) is 40.0 Å². The van der Waals surface area contributed by atoms with Crippen LogP contribution in [0.5, 0.6) is 0 Å². The molecule has 0 aliphatic rings. The monoisotopic (exact) mass is 372 g/mol. The van der Waals surface area contributed by atoms with E-state index in [1.165, 1.54) is 9.75 Å². The second-order valence-corrected chi connectivity index (χ2v) is 8.01. The second kappa shape index (κ2) is 9.97. The van der Waals surface area contributed by atoms with E-state index in [9.17, 15) is 4.79 Å². The third-order valence-electron chi connectivity index (χ3n) is 3.71. The lowest BCUT2D eigenvalue weighted by Gasteiger charge is -2.12. The number of aryl methyl sites for hydroxylation is 1. The molecule has 0 aliphatic heterocycles. The van der Waals surface area contributed by atoms with Crippen LogP contribution in [0.15, 0.2) is 41.4 Å². The van der Waals surface area contributed by atoms with Crippen molar-refractivity contribution in [3.63, 3.8) is 0 Å². The Morgan fingerprint density at radius 1 is 1.15 bits per heavy atom. The molecule has 26 heavy (non-hydrogen) atoms. The van der Waals surface area contributed by atoms with Crippen molar-refractivity contribution in [1.29, 1.82) is 0 Å². The molecule has 0 unspecified atom stereocenters. The maximum Gasteiger partial charge on any atom is 0.224 e. The molecule has 0 radical (unpaired) electrons. The highest BCUT2D eigenvalue weighted by Crippen LogP contribution is 2.14. The molecule has 1 aromatic carbocycles. The summed E-state index contributed by atoms with van der Waals surface area (Å²) in [6.45, 7) is 7.57. The molecule has 0 spiro atoms.